The second-order valence-corrected chi connectivity index (χ2v) is 13.6. The molecule has 55 heavy (non-hydrogen) atoms. The fraction of sp³-hybridized carbons (Fsp3) is 0.727. The highest BCUT2D eigenvalue weighted by atomic mass is 16.4. The fourth-order valence-electron chi connectivity index (χ4n) is 5.62. The van der Waals surface area contributed by atoms with E-state index in [4.69, 9.17) is 17.2 Å². The number of rotatable bonds is 26. The number of hydrogen-bond acceptors (Lipinski definition) is 13. The molecule has 0 spiro atoms. The van der Waals surface area contributed by atoms with Crippen LogP contribution in [0.5, 0.6) is 0 Å². The largest absolute Gasteiger partial charge is 0.481 e. The standard InChI is InChI=1S/C33H57N9O13/c1-17(2)26(36)31(52)41-22(16-43)29(50)40-21(15-25(46)47)32(53)42-13-7-10-23(42)30(51)39-20(14-24(44)45)28(49)37-18(8-3-5-11-34)27(48)38-19(33(54)55)9-4-6-12-35/h17-23,26,43H,3-16,34-36H2,1-2H3,(H,37,49)(H,38,48)(H,39,51)(H,40,50)(H,41,52)(H,44,45)(H,46,47)(H,54,55)/t18-,19-,20-,21-,22-,23-,26-/m0/s1. The highest BCUT2D eigenvalue weighted by molar-refractivity contribution is 5.99. The summed E-state index contributed by atoms with van der Waals surface area (Å²) in [5.74, 6) is -10.6. The zero-order valence-electron chi connectivity index (χ0n) is 31.2. The minimum absolute atomic E-state index is 0.0000125. The monoisotopic (exact) mass is 787 g/mol. The summed E-state index contributed by atoms with van der Waals surface area (Å²) in [6.45, 7) is 2.82. The Morgan fingerprint density at radius 3 is 1.64 bits per heavy atom. The number of unbranched alkanes of at least 4 members (excludes halogenated alkanes) is 2. The molecule has 1 saturated heterocycles. The van der Waals surface area contributed by atoms with Crippen molar-refractivity contribution in [3.8, 4) is 0 Å². The van der Waals surface area contributed by atoms with Crippen molar-refractivity contribution in [1.29, 1.82) is 0 Å². The number of aliphatic hydroxyl groups excluding tert-OH is 1. The van der Waals surface area contributed by atoms with Crippen LogP contribution >= 0.6 is 0 Å². The minimum Gasteiger partial charge on any atom is -0.481 e. The lowest BCUT2D eigenvalue weighted by atomic mass is 10.0. The maximum absolute atomic E-state index is 13.6. The highest BCUT2D eigenvalue weighted by Crippen LogP contribution is 2.20. The van der Waals surface area contributed by atoms with E-state index in [9.17, 15) is 63.6 Å². The number of aliphatic carboxylic acids is 3. The Morgan fingerprint density at radius 2 is 1.13 bits per heavy atom. The van der Waals surface area contributed by atoms with Crippen molar-refractivity contribution in [2.45, 2.75) is 120 Å². The van der Waals surface area contributed by atoms with E-state index in [1.165, 1.54) is 0 Å². The molecule has 0 aromatic carbocycles. The second kappa shape index (κ2) is 24.5. The minimum atomic E-state index is -1.78. The number of hydrogen-bond donors (Lipinski definition) is 12. The van der Waals surface area contributed by atoms with E-state index in [1.807, 2.05) is 0 Å². The van der Waals surface area contributed by atoms with Crippen LogP contribution in [-0.4, -0.2) is 147 Å². The van der Waals surface area contributed by atoms with E-state index >= 15 is 0 Å². The quantitative estimate of drug-likeness (QED) is 0.0369. The average Bonchev–Trinajstić information content (AvgIpc) is 3.61. The van der Waals surface area contributed by atoms with Gasteiger partial charge in [0.05, 0.1) is 25.5 Å². The molecule has 0 bridgehead atoms. The van der Waals surface area contributed by atoms with Crippen molar-refractivity contribution in [3.05, 3.63) is 0 Å². The number of carbonyl (C=O) groups is 9. The Bertz CT molecular complexity index is 1370. The van der Waals surface area contributed by atoms with Crippen LogP contribution in [0.25, 0.3) is 0 Å². The third-order valence-corrected chi connectivity index (χ3v) is 8.82. The van der Waals surface area contributed by atoms with Gasteiger partial charge >= 0.3 is 17.9 Å². The zero-order valence-corrected chi connectivity index (χ0v) is 31.2. The summed E-state index contributed by atoms with van der Waals surface area (Å²) in [5.41, 5.74) is 16.8. The van der Waals surface area contributed by atoms with Crippen LogP contribution in [0.15, 0.2) is 0 Å². The molecule has 1 aliphatic rings. The van der Waals surface area contributed by atoms with Crippen LogP contribution in [0, 0.1) is 5.92 Å². The lowest BCUT2D eigenvalue weighted by Gasteiger charge is -2.30. The van der Waals surface area contributed by atoms with Gasteiger partial charge < -0.3 is 69.1 Å². The van der Waals surface area contributed by atoms with Gasteiger partial charge in [0.15, 0.2) is 0 Å². The predicted octanol–water partition coefficient (Wildman–Crippen LogP) is -4.33. The van der Waals surface area contributed by atoms with Gasteiger partial charge in [0.2, 0.25) is 35.4 Å². The fourth-order valence-corrected chi connectivity index (χ4v) is 5.62. The summed E-state index contributed by atoms with van der Waals surface area (Å²) < 4.78 is 0. The normalized spacial score (nSPS) is 17.1. The lowest BCUT2D eigenvalue weighted by Crippen LogP contribution is -2.60. The van der Waals surface area contributed by atoms with Crippen molar-refractivity contribution >= 4 is 53.4 Å². The summed E-state index contributed by atoms with van der Waals surface area (Å²) in [6, 6.07) is -10.2. The number of aliphatic hydroxyl groups is 1. The Hall–Kier alpha value is -4.93. The van der Waals surface area contributed by atoms with E-state index in [-0.39, 0.29) is 44.7 Å². The Balaban J connectivity index is 3.22. The maximum atomic E-state index is 13.6. The van der Waals surface area contributed by atoms with Gasteiger partial charge in [-0.3, -0.25) is 38.4 Å². The number of amides is 6. The van der Waals surface area contributed by atoms with Crippen molar-refractivity contribution in [2.24, 2.45) is 23.1 Å². The molecule has 15 N–H and O–H groups in total. The molecule has 0 aliphatic carbocycles. The van der Waals surface area contributed by atoms with Gasteiger partial charge in [-0.15, -0.1) is 0 Å². The molecular weight excluding hydrogens is 730 g/mol. The van der Waals surface area contributed by atoms with Crippen molar-refractivity contribution in [3.63, 3.8) is 0 Å². The molecule has 0 saturated carbocycles. The first kappa shape index (κ1) is 48.1. The Labute approximate surface area is 318 Å². The molecule has 6 amide bonds. The molecule has 0 aromatic rings. The molecular formula is C33H57N9O13. The van der Waals surface area contributed by atoms with E-state index in [0.717, 1.165) is 4.90 Å². The molecule has 1 rings (SSSR count). The topological polar surface area (TPSA) is 376 Å². The summed E-state index contributed by atoms with van der Waals surface area (Å²) >= 11 is 0. The van der Waals surface area contributed by atoms with E-state index in [0.29, 0.717) is 32.2 Å². The van der Waals surface area contributed by atoms with Crippen LogP contribution in [0.1, 0.15) is 78.1 Å². The van der Waals surface area contributed by atoms with Crippen LogP contribution in [0.2, 0.25) is 0 Å². The second-order valence-electron chi connectivity index (χ2n) is 13.6. The van der Waals surface area contributed by atoms with Gasteiger partial charge in [-0.1, -0.05) is 13.8 Å². The van der Waals surface area contributed by atoms with E-state index in [2.05, 4.69) is 26.6 Å². The maximum Gasteiger partial charge on any atom is 0.326 e. The number of carboxylic acid groups (broad SMARTS) is 3. The van der Waals surface area contributed by atoms with Crippen LogP contribution < -0.4 is 43.8 Å². The number of carbonyl (C=O) groups excluding carboxylic acids is 6. The third kappa shape index (κ3) is 16.5. The molecule has 0 unspecified atom stereocenters. The first-order valence-electron chi connectivity index (χ1n) is 18.1. The number of nitrogens with two attached hydrogens (primary N) is 3. The molecule has 1 aliphatic heterocycles. The van der Waals surface area contributed by atoms with Gasteiger partial charge in [0, 0.05) is 6.54 Å². The smallest absolute Gasteiger partial charge is 0.326 e. The van der Waals surface area contributed by atoms with Crippen LogP contribution in [-0.2, 0) is 43.2 Å². The third-order valence-electron chi connectivity index (χ3n) is 8.82. The van der Waals surface area contributed by atoms with Gasteiger partial charge in [-0.2, -0.15) is 0 Å². The number of carboxylic acids is 3. The van der Waals surface area contributed by atoms with Crippen LogP contribution in [0.4, 0.5) is 0 Å². The summed E-state index contributed by atoms with van der Waals surface area (Å²) in [6.07, 6.45) is -0.00489. The lowest BCUT2D eigenvalue weighted by molar-refractivity contribution is -0.147. The molecule has 22 nitrogen and oxygen atoms in total. The first-order valence-corrected chi connectivity index (χ1v) is 18.1. The summed E-state index contributed by atoms with van der Waals surface area (Å²) in [7, 11) is 0. The first-order chi connectivity index (χ1) is 25.9. The van der Waals surface area contributed by atoms with Gasteiger partial charge in [-0.25, -0.2) is 4.79 Å². The Morgan fingerprint density at radius 1 is 0.655 bits per heavy atom. The van der Waals surface area contributed by atoms with E-state index < -0.39 is 115 Å². The van der Waals surface area contributed by atoms with Gasteiger partial charge in [-0.05, 0) is 70.4 Å². The molecule has 0 radical (unpaired) electrons. The zero-order chi connectivity index (χ0) is 41.8. The van der Waals surface area contributed by atoms with Gasteiger partial charge in [0.25, 0.3) is 0 Å². The molecule has 1 fully saturated rings. The molecule has 1 heterocycles. The summed E-state index contributed by atoms with van der Waals surface area (Å²) in [4.78, 5) is 115. The van der Waals surface area contributed by atoms with Crippen molar-refractivity contribution < 1.29 is 63.6 Å². The van der Waals surface area contributed by atoms with Crippen molar-refractivity contribution in [2.75, 3.05) is 26.2 Å². The SMILES string of the molecule is CC(C)[C@H](N)C(=O)N[C@@H](CO)C(=O)N[C@@H](CC(=O)O)C(=O)N1CCC[C@H]1C(=O)N[C@@H](CC(=O)O)C(=O)N[C@@H](CCCCN)C(=O)N[C@@H](CCCCN)C(=O)O. The predicted molar refractivity (Wildman–Crippen MR) is 192 cm³/mol. The van der Waals surface area contributed by atoms with Crippen molar-refractivity contribution in [1.82, 2.24) is 31.5 Å². The average molecular weight is 788 g/mol. The highest BCUT2D eigenvalue weighted by Gasteiger charge is 2.41. The van der Waals surface area contributed by atoms with Crippen LogP contribution in [0.3, 0.4) is 0 Å². The number of likely N-dealkylation sites (tertiary alicyclic amines) is 1. The van der Waals surface area contributed by atoms with E-state index in [1.54, 1.807) is 13.8 Å². The summed E-state index contributed by atoms with van der Waals surface area (Å²) in [5, 5.41) is 49.9. The molecule has 0 aromatic heterocycles. The van der Waals surface area contributed by atoms with Gasteiger partial charge in [0.1, 0.15) is 36.3 Å². The number of nitrogens with one attached hydrogen (secondary N) is 5. The molecule has 22 heteroatoms. The number of nitrogens with zero attached hydrogens (tertiary/aromatic N) is 1. The molecule has 7 atom stereocenters. The molecule has 312 valence electrons. The Kier molecular flexibility index (Phi) is 21.4.